The first kappa shape index (κ1) is 42.6. The van der Waals surface area contributed by atoms with Crippen molar-refractivity contribution in [3.8, 4) is 0 Å². The van der Waals surface area contributed by atoms with E-state index in [-0.39, 0.29) is 0 Å². The van der Waals surface area contributed by atoms with E-state index in [2.05, 4.69) is 48.6 Å². The van der Waals surface area contributed by atoms with Gasteiger partial charge in [-0.3, -0.25) is 14.4 Å². The molecule has 0 fully saturated rings. The molecule has 45 heavy (non-hydrogen) atoms. The Bertz CT molecular complexity index is 808. The molecule has 0 amide bonds. The van der Waals surface area contributed by atoms with Crippen LogP contribution in [0.15, 0.2) is 48.6 Å². The zero-order valence-electron chi connectivity index (χ0n) is 28.7. The van der Waals surface area contributed by atoms with Crippen LogP contribution in [0.1, 0.15) is 186 Å². The van der Waals surface area contributed by atoms with Gasteiger partial charge in [-0.05, 0) is 89.9 Å². The first-order valence-corrected chi connectivity index (χ1v) is 18.6. The largest absolute Gasteiger partial charge is 0.481 e. The second kappa shape index (κ2) is 36.0. The van der Waals surface area contributed by atoms with Crippen LogP contribution in [-0.4, -0.2) is 27.9 Å². The number of Topliss-reactive ketones (excluding diaryl/α,β-unsaturated/α-hetero) is 1. The van der Waals surface area contributed by atoms with Gasteiger partial charge in [0.1, 0.15) is 5.78 Å². The minimum atomic E-state index is -0.686. The van der Waals surface area contributed by atoms with Crippen molar-refractivity contribution in [2.75, 3.05) is 0 Å². The number of hydrogen-bond acceptors (Lipinski definition) is 3. The maximum Gasteiger partial charge on any atom is 0.303 e. The van der Waals surface area contributed by atoms with E-state index < -0.39 is 11.9 Å². The highest BCUT2D eigenvalue weighted by Crippen LogP contribution is 2.13. The summed E-state index contributed by atoms with van der Waals surface area (Å²) in [6.45, 7) is 0. The van der Waals surface area contributed by atoms with Gasteiger partial charge in [-0.2, -0.15) is 0 Å². The Morgan fingerprint density at radius 2 is 0.556 bits per heavy atom. The molecule has 0 rings (SSSR count). The Kier molecular flexibility index (Phi) is 34.1. The number of aliphatic carboxylic acids is 2. The zero-order chi connectivity index (χ0) is 32.9. The highest BCUT2D eigenvalue weighted by molar-refractivity contribution is 5.78. The molecular formula is C40H68O5. The maximum atomic E-state index is 12.1. The van der Waals surface area contributed by atoms with Crippen molar-refractivity contribution in [1.29, 1.82) is 0 Å². The third-order valence-electron chi connectivity index (χ3n) is 8.14. The number of carbonyl (C=O) groups is 3. The summed E-state index contributed by atoms with van der Waals surface area (Å²) in [5.74, 6) is -0.922. The molecule has 0 atom stereocenters. The molecule has 0 aromatic carbocycles. The molecule has 0 aliphatic rings. The van der Waals surface area contributed by atoms with Crippen molar-refractivity contribution < 1.29 is 24.6 Å². The minimum Gasteiger partial charge on any atom is -0.481 e. The van der Waals surface area contributed by atoms with Crippen LogP contribution < -0.4 is 0 Å². The number of rotatable bonds is 35. The third kappa shape index (κ3) is 39.5. The smallest absolute Gasteiger partial charge is 0.303 e. The Hall–Kier alpha value is -2.43. The Balaban J connectivity index is 3.34. The molecule has 5 heteroatoms. The van der Waals surface area contributed by atoms with Gasteiger partial charge in [0.15, 0.2) is 0 Å². The summed E-state index contributed by atoms with van der Waals surface area (Å²) in [5.41, 5.74) is 0. The van der Waals surface area contributed by atoms with Gasteiger partial charge >= 0.3 is 11.9 Å². The third-order valence-corrected chi connectivity index (χ3v) is 8.14. The van der Waals surface area contributed by atoms with Crippen LogP contribution in [0.25, 0.3) is 0 Å². The van der Waals surface area contributed by atoms with Gasteiger partial charge < -0.3 is 10.2 Å². The number of hydrogen-bond donors (Lipinski definition) is 2. The predicted molar refractivity (Wildman–Crippen MR) is 191 cm³/mol. The van der Waals surface area contributed by atoms with Crippen molar-refractivity contribution in [2.24, 2.45) is 0 Å². The van der Waals surface area contributed by atoms with Crippen molar-refractivity contribution in [3.05, 3.63) is 48.6 Å². The monoisotopic (exact) mass is 629 g/mol. The molecule has 0 heterocycles. The summed E-state index contributed by atoms with van der Waals surface area (Å²) in [5, 5.41) is 17.2. The molecule has 0 saturated carbocycles. The summed E-state index contributed by atoms with van der Waals surface area (Å²) in [4.78, 5) is 33.1. The molecule has 0 aliphatic carbocycles. The quantitative estimate of drug-likeness (QED) is 0.0538. The van der Waals surface area contributed by atoms with Crippen LogP contribution >= 0.6 is 0 Å². The molecule has 0 bridgehead atoms. The number of unbranched alkanes of at least 4 members (excludes halogenated alkanes) is 19. The summed E-state index contributed by atoms with van der Waals surface area (Å²) in [7, 11) is 0. The normalized spacial score (nSPS) is 12.0. The Morgan fingerprint density at radius 1 is 0.311 bits per heavy atom. The van der Waals surface area contributed by atoms with E-state index in [1.165, 1.54) is 64.2 Å². The van der Waals surface area contributed by atoms with E-state index in [0.717, 1.165) is 109 Å². The summed E-state index contributed by atoms with van der Waals surface area (Å²) in [6, 6.07) is 0. The number of allylic oxidation sites excluding steroid dienone is 8. The molecule has 5 nitrogen and oxygen atoms in total. The van der Waals surface area contributed by atoms with Crippen LogP contribution in [0.4, 0.5) is 0 Å². The number of carboxylic acids is 2. The van der Waals surface area contributed by atoms with Crippen LogP contribution in [0.3, 0.4) is 0 Å². The topological polar surface area (TPSA) is 91.7 Å². The molecular weight excluding hydrogens is 560 g/mol. The van der Waals surface area contributed by atoms with Crippen molar-refractivity contribution in [1.82, 2.24) is 0 Å². The van der Waals surface area contributed by atoms with Crippen LogP contribution in [0, 0.1) is 0 Å². The number of ketones is 1. The lowest BCUT2D eigenvalue weighted by Gasteiger charge is -2.02. The van der Waals surface area contributed by atoms with E-state index in [1.54, 1.807) is 0 Å². The molecule has 0 aliphatic heterocycles. The molecule has 0 unspecified atom stereocenters. The highest BCUT2D eigenvalue weighted by Gasteiger charge is 2.02. The van der Waals surface area contributed by atoms with E-state index in [1.807, 2.05) is 0 Å². The average Bonchev–Trinajstić information content (AvgIpc) is 3.01. The highest BCUT2D eigenvalue weighted by atomic mass is 16.4. The van der Waals surface area contributed by atoms with Crippen molar-refractivity contribution >= 4 is 17.7 Å². The Labute approximate surface area is 276 Å². The minimum absolute atomic E-state index is 0.301. The fourth-order valence-corrected chi connectivity index (χ4v) is 5.33. The lowest BCUT2D eigenvalue weighted by atomic mass is 10.0. The van der Waals surface area contributed by atoms with E-state index in [0.29, 0.717) is 18.6 Å². The van der Waals surface area contributed by atoms with Gasteiger partial charge in [0.25, 0.3) is 0 Å². The maximum absolute atomic E-state index is 12.1. The fraction of sp³-hybridized carbons (Fsp3) is 0.725. The average molecular weight is 629 g/mol. The molecule has 0 aromatic heterocycles. The van der Waals surface area contributed by atoms with Gasteiger partial charge in [0, 0.05) is 25.7 Å². The molecule has 2 N–H and O–H groups in total. The van der Waals surface area contributed by atoms with E-state index in [4.69, 9.17) is 10.2 Å². The van der Waals surface area contributed by atoms with Crippen LogP contribution in [0.5, 0.6) is 0 Å². The SMILES string of the molecule is O=C(O)CCCCCCCC=CCC=CCCCCCCCCC(=O)CCCCCC=CCC=CCCCCCCCC(=O)O. The van der Waals surface area contributed by atoms with Crippen LogP contribution in [0.2, 0.25) is 0 Å². The lowest BCUT2D eigenvalue weighted by molar-refractivity contribution is -0.138. The predicted octanol–water partition coefficient (Wildman–Crippen LogP) is 12.3. The first-order valence-electron chi connectivity index (χ1n) is 18.6. The van der Waals surface area contributed by atoms with Gasteiger partial charge in [0.05, 0.1) is 0 Å². The second-order valence-electron chi connectivity index (χ2n) is 12.6. The Morgan fingerprint density at radius 3 is 0.867 bits per heavy atom. The number of carboxylic acid groups (broad SMARTS) is 2. The molecule has 0 saturated heterocycles. The van der Waals surface area contributed by atoms with Crippen molar-refractivity contribution in [3.63, 3.8) is 0 Å². The lowest BCUT2D eigenvalue weighted by Crippen LogP contribution is -1.97. The standard InChI is InChI=1S/C40H68O5/c41-38(35-31-27-23-19-15-11-7-5-9-13-17-21-25-29-33-37-40(44)45)34-30-26-22-18-14-10-6-3-1-2-4-8-12-16-20-24-28-32-36-39(42)43/h1,3-5,8-9,11,15H,2,6-7,10,12-14,16-37H2,(H,42,43)(H,44,45). The summed E-state index contributed by atoms with van der Waals surface area (Å²) >= 11 is 0. The first-order chi connectivity index (χ1) is 22.0. The van der Waals surface area contributed by atoms with Crippen molar-refractivity contribution in [2.45, 2.75) is 186 Å². The van der Waals surface area contributed by atoms with E-state index in [9.17, 15) is 14.4 Å². The molecule has 0 aromatic rings. The van der Waals surface area contributed by atoms with E-state index >= 15 is 0 Å². The fourth-order valence-electron chi connectivity index (χ4n) is 5.33. The molecule has 258 valence electrons. The van der Waals surface area contributed by atoms with Gasteiger partial charge in [-0.25, -0.2) is 0 Å². The summed E-state index contributed by atoms with van der Waals surface area (Å²) < 4.78 is 0. The van der Waals surface area contributed by atoms with Gasteiger partial charge in [-0.15, -0.1) is 0 Å². The zero-order valence-corrected chi connectivity index (χ0v) is 28.7. The second-order valence-corrected chi connectivity index (χ2v) is 12.6. The number of carbonyl (C=O) groups excluding carboxylic acids is 1. The molecule has 0 spiro atoms. The van der Waals surface area contributed by atoms with Crippen LogP contribution in [-0.2, 0) is 14.4 Å². The summed E-state index contributed by atoms with van der Waals surface area (Å²) in [6.07, 6.45) is 48.1. The van der Waals surface area contributed by atoms with Gasteiger partial charge in [-0.1, -0.05) is 119 Å². The van der Waals surface area contributed by atoms with Gasteiger partial charge in [0.2, 0.25) is 0 Å². The molecule has 0 radical (unpaired) electrons.